The van der Waals surface area contributed by atoms with Gasteiger partial charge in [-0.3, -0.25) is 19.4 Å². The molecular weight excluding hydrogens is 362 g/mol. The molecule has 2 atom stereocenters. The summed E-state index contributed by atoms with van der Waals surface area (Å²) in [7, 11) is 1.25. The van der Waals surface area contributed by atoms with Gasteiger partial charge in [-0.2, -0.15) is 0 Å². The lowest BCUT2D eigenvalue weighted by Crippen LogP contribution is -2.48. The fraction of sp³-hybridized carbons (Fsp3) is 0.500. The van der Waals surface area contributed by atoms with Crippen molar-refractivity contribution in [2.24, 2.45) is 5.92 Å². The maximum atomic E-state index is 12.8. The highest BCUT2D eigenvalue weighted by molar-refractivity contribution is 6.15. The van der Waals surface area contributed by atoms with E-state index in [1.165, 1.54) is 12.0 Å². The largest absolute Gasteiger partial charge is 0.467 e. The average molecular weight is 389 g/mol. The van der Waals surface area contributed by atoms with E-state index in [1.54, 1.807) is 19.1 Å². The third kappa shape index (κ3) is 4.68. The van der Waals surface area contributed by atoms with Crippen LogP contribution < -0.4 is 10.2 Å². The number of amides is 4. The van der Waals surface area contributed by atoms with Gasteiger partial charge in [0.05, 0.1) is 7.11 Å². The number of benzene rings is 1. The number of carbonyl (C=O) groups excluding carboxylic acids is 4. The van der Waals surface area contributed by atoms with Crippen LogP contribution in [0.15, 0.2) is 24.3 Å². The summed E-state index contributed by atoms with van der Waals surface area (Å²) in [5.41, 5.74) is 1.62. The van der Waals surface area contributed by atoms with Crippen LogP contribution in [0, 0.1) is 12.8 Å². The Morgan fingerprint density at radius 3 is 2.32 bits per heavy atom. The first-order valence-electron chi connectivity index (χ1n) is 9.24. The Balaban J connectivity index is 2.11. The molecule has 1 aliphatic heterocycles. The molecule has 1 aromatic rings. The van der Waals surface area contributed by atoms with E-state index in [0.717, 1.165) is 10.5 Å². The van der Waals surface area contributed by atoms with E-state index < -0.39 is 42.4 Å². The molecule has 0 saturated carbocycles. The highest BCUT2D eigenvalue weighted by atomic mass is 16.5. The molecular formula is C20H27N3O5. The summed E-state index contributed by atoms with van der Waals surface area (Å²) in [6.45, 7) is 6.92. The van der Waals surface area contributed by atoms with Gasteiger partial charge in [0.25, 0.3) is 5.91 Å². The average Bonchev–Trinajstić information content (AvgIpc) is 2.84. The third-order valence-corrected chi connectivity index (χ3v) is 4.59. The molecule has 0 unspecified atom stereocenters. The maximum Gasteiger partial charge on any atom is 0.332 e. The number of urea groups is 1. The molecule has 8 nitrogen and oxygen atoms in total. The number of nitrogens with one attached hydrogen (secondary N) is 1. The lowest BCUT2D eigenvalue weighted by molar-refractivity contribution is -0.145. The van der Waals surface area contributed by atoms with Crippen LogP contribution in [-0.4, -0.2) is 54.5 Å². The first-order valence-corrected chi connectivity index (χ1v) is 9.24. The predicted octanol–water partition coefficient (Wildman–Crippen LogP) is 1.86. The van der Waals surface area contributed by atoms with E-state index in [4.69, 9.17) is 4.74 Å². The third-order valence-electron chi connectivity index (χ3n) is 4.59. The molecule has 0 aromatic heterocycles. The molecule has 8 heteroatoms. The number of nitrogens with zero attached hydrogens (tertiary/aromatic N) is 2. The Kier molecular flexibility index (Phi) is 6.77. The van der Waals surface area contributed by atoms with Gasteiger partial charge < -0.3 is 10.1 Å². The molecule has 1 saturated heterocycles. The zero-order valence-corrected chi connectivity index (χ0v) is 16.9. The van der Waals surface area contributed by atoms with Gasteiger partial charge in [-0.15, -0.1) is 0 Å². The number of methoxy groups -OCH3 is 1. The standard InChI is InChI=1S/C20H27N3O5/c1-12(2)10-16(19(26)28-5)21-17(24)11-22-18(25)14(4)23(20(22)27)15-8-6-13(3)7-9-15/h6-9,12,14,16H,10-11H2,1-5H3,(H,21,24)/t14-,16-/m1/s1. The summed E-state index contributed by atoms with van der Waals surface area (Å²) in [6.07, 6.45) is 0.395. The van der Waals surface area contributed by atoms with E-state index in [-0.39, 0.29) is 5.92 Å². The molecule has 4 amide bonds. The van der Waals surface area contributed by atoms with Crippen LogP contribution in [0.2, 0.25) is 0 Å². The van der Waals surface area contributed by atoms with Gasteiger partial charge in [-0.05, 0) is 38.3 Å². The minimum atomic E-state index is -0.823. The molecule has 152 valence electrons. The van der Waals surface area contributed by atoms with Crippen LogP contribution in [-0.2, 0) is 19.1 Å². The van der Waals surface area contributed by atoms with Crippen molar-refractivity contribution < 1.29 is 23.9 Å². The molecule has 0 radical (unpaired) electrons. The van der Waals surface area contributed by atoms with Crippen molar-refractivity contribution in [2.45, 2.75) is 46.2 Å². The SMILES string of the molecule is COC(=O)[C@@H](CC(C)C)NC(=O)CN1C(=O)[C@@H](C)N(c2ccc(C)cc2)C1=O. The predicted molar refractivity (Wildman–Crippen MR) is 104 cm³/mol. The van der Waals surface area contributed by atoms with Gasteiger partial charge in [-0.1, -0.05) is 31.5 Å². The molecule has 0 bridgehead atoms. The zero-order chi connectivity index (χ0) is 21.0. The minimum Gasteiger partial charge on any atom is -0.467 e. The second kappa shape index (κ2) is 8.86. The van der Waals surface area contributed by atoms with Gasteiger partial charge in [0.15, 0.2) is 0 Å². The summed E-state index contributed by atoms with van der Waals surface area (Å²) < 4.78 is 4.72. The fourth-order valence-electron chi connectivity index (χ4n) is 3.12. The van der Waals surface area contributed by atoms with Crippen molar-refractivity contribution in [3.05, 3.63) is 29.8 Å². The molecule has 1 N–H and O–H groups in total. The molecule has 1 aliphatic rings. The first-order chi connectivity index (χ1) is 13.1. The van der Waals surface area contributed by atoms with Crippen LogP contribution in [0.4, 0.5) is 10.5 Å². The number of hydrogen-bond acceptors (Lipinski definition) is 5. The second-order valence-corrected chi connectivity index (χ2v) is 7.36. The number of hydrogen-bond donors (Lipinski definition) is 1. The summed E-state index contributed by atoms with van der Waals surface area (Å²) in [6, 6.07) is 5.12. The van der Waals surface area contributed by atoms with E-state index in [2.05, 4.69) is 5.32 Å². The molecule has 0 spiro atoms. The summed E-state index contributed by atoms with van der Waals surface area (Å²) in [4.78, 5) is 51.9. The molecule has 1 heterocycles. The highest BCUT2D eigenvalue weighted by Crippen LogP contribution is 2.25. The number of ether oxygens (including phenoxy) is 1. The van der Waals surface area contributed by atoms with E-state index in [1.807, 2.05) is 32.9 Å². The van der Waals surface area contributed by atoms with Gasteiger partial charge in [0.1, 0.15) is 18.6 Å². The Hall–Kier alpha value is -2.90. The second-order valence-electron chi connectivity index (χ2n) is 7.36. The maximum absolute atomic E-state index is 12.8. The minimum absolute atomic E-state index is 0.150. The number of rotatable bonds is 7. The van der Waals surface area contributed by atoms with Crippen LogP contribution >= 0.6 is 0 Å². The first kappa shape index (κ1) is 21.4. The van der Waals surface area contributed by atoms with Crippen molar-refractivity contribution in [3.8, 4) is 0 Å². The van der Waals surface area contributed by atoms with Gasteiger partial charge in [-0.25, -0.2) is 9.59 Å². The van der Waals surface area contributed by atoms with Crippen molar-refractivity contribution >= 4 is 29.5 Å². The smallest absolute Gasteiger partial charge is 0.332 e. The molecule has 1 fully saturated rings. The Labute approximate surface area is 164 Å². The Morgan fingerprint density at radius 1 is 1.18 bits per heavy atom. The van der Waals surface area contributed by atoms with Crippen LogP contribution in [0.5, 0.6) is 0 Å². The zero-order valence-electron chi connectivity index (χ0n) is 16.9. The Bertz CT molecular complexity index is 760. The summed E-state index contributed by atoms with van der Waals surface area (Å²) in [5.74, 6) is -1.46. The Morgan fingerprint density at radius 2 is 1.79 bits per heavy atom. The number of aryl methyl sites for hydroxylation is 1. The lowest BCUT2D eigenvalue weighted by atomic mass is 10.0. The summed E-state index contributed by atoms with van der Waals surface area (Å²) >= 11 is 0. The van der Waals surface area contributed by atoms with Crippen LogP contribution in [0.25, 0.3) is 0 Å². The van der Waals surface area contributed by atoms with Crippen molar-refractivity contribution in [3.63, 3.8) is 0 Å². The van der Waals surface area contributed by atoms with Crippen LogP contribution in [0.1, 0.15) is 32.8 Å². The van der Waals surface area contributed by atoms with Crippen LogP contribution in [0.3, 0.4) is 0 Å². The van der Waals surface area contributed by atoms with Gasteiger partial charge in [0, 0.05) is 5.69 Å². The monoisotopic (exact) mass is 389 g/mol. The fourth-order valence-corrected chi connectivity index (χ4v) is 3.12. The highest BCUT2D eigenvalue weighted by Gasteiger charge is 2.44. The lowest BCUT2D eigenvalue weighted by Gasteiger charge is -2.21. The van der Waals surface area contributed by atoms with Crippen molar-refractivity contribution in [1.82, 2.24) is 10.2 Å². The van der Waals surface area contributed by atoms with Crippen molar-refractivity contribution in [2.75, 3.05) is 18.6 Å². The number of anilines is 1. The van der Waals surface area contributed by atoms with E-state index in [0.29, 0.717) is 12.1 Å². The number of imide groups is 1. The molecule has 28 heavy (non-hydrogen) atoms. The quantitative estimate of drug-likeness (QED) is 0.567. The molecule has 2 rings (SSSR count). The number of carbonyl (C=O) groups is 4. The van der Waals surface area contributed by atoms with Gasteiger partial charge in [0.2, 0.25) is 5.91 Å². The van der Waals surface area contributed by atoms with E-state index in [9.17, 15) is 19.2 Å². The molecule has 0 aliphatic carbocycles. The topological polar surface area (TPSA) is 96.0 Å². The van der Waals surface area contributed by atoms with Gasteiger partial charge >= 0.3 is 12.0 Å². The summed E-state index contributed by atoms with van der Waals surface area (Å²) in [5, 5.41) is 2.57. The van der Waals surface area contributed by atoms with Crippen molar-refractivity contribution in [1.29, 1.82) is 0 Å². The normalized spacial score (nSPS) is 17.9. The van der Waals surface area contributed by atoms with E-state index >= 15 is 0 Å². The molecule has 1 aromatic carbocycles. The number of esters is 1.